The van der Waals surface area contributed by atoms with Gasteiger partial charge in [-0.3, -0.25) is 19.3 Å². The normalized spacial score (nSPS) is 30.7. The number of alkyl halides is 2. The van der Waals surface area contributed by atoms with Crippen molar-refractivity contribution in [2.75, 3.05) is 19.0 Å². The number of likely N-dealkylation sites (tertiary alicyclic amines) is 1. The van der Waals surface area contributed by atoms with E-state index in [-0.39, 0.29) is 33.3 Å². The first kappa shape index (κ1) is 23.9. The van der Waals surface area contributed by atoms with E-state index >= 15 is 0 Å². The summed E-state index contributed by atoms with van der Waals surface area (Å²) in [7, 11) is 1.27. The number of amides is 3. The van der Waals surface area contributed by atoms with Crippen LogP contribution in [0.25, 0.3) is 0 Å². The number of hydrogen-bond acceptors (Lipinski definition) is 7. The molecule has 0 unspecified atom stereocenters. The fraction of sp³-hybridized carbons (Fsp3) is 0.500. The second-order valence-electron chi connectivity index (χ2n) is 8.45. The van der Waals surface area contributed by atoms with Crippen molar-refractivity contribution >= 4 is 67.2 Å². The number of ether oxygens (including phenoxy) is 2. The Bertz CT molecular complexity index is 983. The Kier molecular flexibility index (Phi) is 6.63. The van der Waals surface area contributed by atoms with Gasteiger partial charge in [0.15, 0.2) is 6.61 Å². The molecular formula is C22H22Br2N2O7. The van der Waals surface area contributed by atoms with E-state index in [1.165, 1.54) is 38.3 Å². The number of halogens is 2. The molecular weight excluding hydrogens is 564 g/mol. The number of imide groups is 1. The maximum atomic E-state index is 13.0. The van der Waals surface area contributed by atoms with Gasteiger partial charge in [-0.15, -0.1) is 0 Å². The van der Waals surface area contributed by atoms with Gasteiger partial charge in [0, 0.05) is 15.3 Å². The summed E-state index contributed by atoms with van der Waals surface area (Å²) in [5.74, 6) is -3.38. The second kappa shape index (κ2) is 9.17. The number of nitrogens with zero attached hydrogens (tertiary/aromatic N) is 1. The number of anilines is 1. The predicted octanol–water partition coefficient (Wildman–Crippen LogP) is 2.12. The summed E-state index contributed by atoms with van der Waals surface area (Å²) in [5, 5.41) is 2.54. The van der Waals surface area contributed by atoms with Gasteiger partial charge in [-0.25, -0.2) is 9.59 Å². The molecule has 1 N–H and O–H groups in total. The van der Waals surface area contributed by atoms with Crippen LogP contribution in [0.3, 0.4) is 0 Å². The van der Waals surface area contributed by atoms with Crippen LogP contribution in [0, 0.1) is 23.7 Å². The summed E-state index contributed by atoms with van der Waals surface area (Å²) in [6.45, 7) is 0.852. The van der Waals surface area contributed by atoms with Gasteiger partial charge in [-0.2, -0.15) is 0 Å². The Labute approximate surface area is 206 Å². The Morgan fingerprint density at radius 3 is 2.12 bits per heavy atom. The van der Waals surface area contributed by atoms with Gasteiger partial charge in [0.2, 0.25) is 11.8 Å². The third kappa shape index (κ3) is 4.09. The van der Waals surface area contributed by atoms with Crippen molar-refractivity contribution in [2.24, 2.45) is 23.7 Å². The minimum absolute atomic E-state index is 0.0467. The number of esters is 2. The summed E-state index contributed by atoms with van der Waals surface area (Å²) < 4.78 is 9.68. The molecule has 1 aromatic rings. The molecule has 9 nitrogen and oxygen atoms in total. The number of methoxy groups -OCH3 is 1. The van der Waals surface area contributed by atoms with Crippen molar-refractivity contribution in [3.8, 4) is 0 Å². The minimum atomic E-state index is -1.12. The van der Waals surface area contributed by atoms with Crippen LogP contribution in [0.1, 0.15) is 23.7 Å². The fourth-order valence-corrected chi connectivity index (χ4v) is 6.99. The number of nitrogens with one attached hydrogen (secondary N) is 1. The van der Waals surface area contributed by atoms with Gasteiger partial charge in [0.25, 0.3) is 5.91 Å². The highest BCUT2D eigenvalue weighted by Crippen LogP contribution is 2.60. The molecule has 1 saturated heterocycles. The SMILES string of the molecule is COC(=O)c1ccc(NC(=O)COC(=O)[C@H](C)N2C(=O)[C@@H]3[C@H]4C[C@@H]([C@H](Br)[C@@H]4Br)[C@@H]3C2=O)cc1. The first-order chi connectivity index (χ1) is 15.6. The number of fused-ring (bicyclic) bond motifs is 5. The largest absolute Gasteiger partial charge is 0.465 e. The third-order valence-corrected chi connectivity index (χ3v) is 9.89. The van der Waals surface area contributed by atoms with Crippen molar-refractivity contribution in [1.82, 2.24) is 4.90 Å². The first-order valence-corrected chi connectivity index (χ1v) is 12.3. The average molecular weight is 586 g/mol. The lowest BCUT2D eigenvalue weighted by atomic mass is 9.81. The van der Waals surface area contributed by atoms with Crippen LogP contribution in [0.4, 0.5) is 5.69 Å². The summed E-state index contributed by atoms with van der Waals surface area (Å²) in [6, 6.07) is 4.87. The van der Waals surface area contributed by atoms with Gasteiger partial charge in [-0.1, -0.05) is 31.9 Å². The minimum Gasteiger partial charge on any atom is -0.465 e. The second-order valence-corrected chi connectivity index (χ2v) is 10.6. The lowest BCUT2D eigenvalue weighted by Crippen LogP contribution is -2.45. The first-order valence-electron chi connectivity index (χ1n) is 10.5. The van der Waals surface area contributed by atoms with Crippen LogP contribution in [0.5, 0.6) is 0 Å². The molecule has 1 aromatic carbocycles. The number of benzene rings is 1. The van der Waals surface area contributed by atoms with Crippen LogP contribution in [-0.4, -0.2) is 64.0 Å². The molecule has 7 atom stereocenters. The Balaban J connectivity index is 1.33. The standard InChI is InChI=1S/C22H22Br2N2O7/c1-9(26-19(28)15-12-7-13(16(15)20(26)29)18(24)17(12)23)21(30)33-8-14(27)25-11-5-3-10(4-6-11)22(31)32-2/h3-6,9,12-13,15-18H,7-8H2,1-2H3,(H,25,27)/t9-,12+,13+,15-,16+,17-,18+/m0/s1. The molecule has 4 rings (SSSR count). The van der Waals surface area contributed by atoms with E-state index in [1.54, 1.807) is 0 Å². The Morgan fingerprint density at radius 2 is 1.61 bits per heavy atom. The van der Waals surface area contributed by atoms with E-state index in [9.17, 15) is 24.0 Å². The van der Waals surface area contributed by atoms with Crippen molar-refractivity contribution in [2.45, 2.75) is 29.0 Å². The van der Waals surface area contributed by atoms with Gasteiger partial charge in [-0.05, 0) is 49.4 Å². The molecule has 2 saturated carbocycles. The highest BCUT2D eigenvalue weighted by Gasteiger charge is 2.67. The Hall–Kier alpha value is -2.27. The molecule has 1 aliphatic heterocycles. The lowest BCUT2D eigenvalue weighted by molar-refractivity contribution is -0.159. The molecule has 33 heavy (non-hydrogen) atoms. The fourth-order valence-electron chi connectivity index (χ4n) is 5.12. The van der Waals surface area contributed by atoms with Gasteiger partial charge in [0.05, 0.1) is 24.5 Å². The average Bonchev–Trinajstić information content (AvgIpc) is 3.41. The van der Waals surface area contributed by atoms with Crippen LogP contribution in [0.2, 0.25) is 0 Å². The van der Waals surface area contributed by atoms with Crippen molar-refractivity contribution in [3.63, 3.8) is 0 Å². The van der Waals surface area contributed by atoms with Gasteiger partial charge >= 0.3 is 11.9 Å². The quantitative estimate of drug-likeness (QED) is 0.308. The third-order valence-electron chi connectivity index (χ3n) is 6.68. The molecule has 3 aliphatic rings. The van der Waals surface area contributed by atoms with E-state index in [4.69, 9.17) is 4.74 Å². The molecule has 2 bridgehead atoms. The smallest absolute Gasteiger partial charge is 0.337 e. The monoisotopic (exact) mass is 584 g/mol. The van der Waals surface area contributed by atoms with E-state index in [2.05, 4.69) is 41.9 Å². The van der Waals surface area contributed by atoms with E-state index in [1.807, 2.05) is 0 Å². The maximum Gasteiger partial charge on any atom is 0.337 e. The summed E-state index contributed by atoms with van der Waals surface area (Å²) in [6.07, 6.45) is 0.798. The molecule has 0 spiro atoms. The molecule has 11 heteroatoms. The van der Waals surface area contributed by atoms with Crippen molar-refractivity contribution in [1.29, 1.82) is 0 Å². The van der Waals surface area contributed by atoms with Gasteiger partial charge < -0.3 is 14.8 Å². The van der Waals surface area contributed by atoms with Gasteiger partial charge in [0.1, 0.15) is 6.04 Å². The number of carbonyl (C=O) groups excluding carboxylic acids is 5. The lowest BCUT2D eigenvalue weighted by Gasteiger charge is -2.28. The highest BCUT2D eigenvalue weighted by atomic mass is 79.9. The zero-order chi connectivity index (χ0) is 24.0. The zero-order valence-electron chi connectivity index (χ0n) is 17.8. The van der Waals surface area contributed by atoms with E-state index < -0.39 is 42.3 Å². The maximum absolute atomic E-state index is 13.0. The number of hydrogen-bond donors (Lipinski definition) is 1. The molecule has 1 heterocycles. The number of rotatable bonds is 6. The van der Waals surface area contributed by atoms with Crippen LogP contribution < -0.4 is 5.32 Å². The molecule has 176 valence electrons. The van der Waals surface area contributed by atoms with Crippen LogP contribution >= 0.6 is 31.9 Å². The highest BCUT2D eigenvalue weighted by molar-refractivity contribution is 9.12. The van der Waals surface area contributed by atoms with Crippen LogP contribution in [0.15, 0.2) is 24.3 Å². The van der Waals surface area contributed by atoms with Crippen molar-refractivity contribution < 1.29 is 33.4 Å². The number of carbonyl (C=O) groups is 5. The summed E-state index contributed by atoms with van der Waals surface area (Å²) in [4.78, 5) is 63.4. The zero-order valence-corrected chi connectivity index (χ0v) is 21.0. The topological polar surface area (TPSA) is 119 Å². The summed E-state index contributed by atoms with van der Waals surface area (Å²) >= 11 is 7.25. The Morgan fingerprint density at radius 1 is 1.06 bits per heavy atom. The van der Waals surface area contributed by atoms with E-state index in [0.717, 1.165) is 11.3 Å². The molecule has 0 aromatic heterocycles. The predicted molar refractivity (Wildman–Crippen MR) is 123 cm³/mol. The van der Waals surface area contributed by atoms with E-state index in [0.29, 0.717) is 11.3 Å². The molecule has 0 radical (unpaired) electrons. The molecule has 3 fully saturated rings. The molecule has 3 amide bonds. The van der Waals surface area contributed by atoms with Crippen LogP contribution in [-0.2, 0) is 28.7 Å². The molecule has 2 aliphatic carbocycles. The van der Waals surface area contributed by atoms with Crippen molar-refractivity contribution in [3.05, 3.63) is 29.8 Å². The summed E-state index contributed by atoms with van der Waals surface area (Å²) in [5.41, 5.74) is 0.727.